The molecule has 8 heteroatoms. The number of amides is 4. The van der Waals surface area contributed by atoms with Crippen molar-refractivity contribution in [2.75, 3.05) is 23.3 Å². The second-order valence-corrected chi connectivity index (χ2v) is 6.62. The van der Waals surface area contributed by atoms with E-state index in [4.69, 9.17) is 0 Å². The van der Waals surface area contributed by atoms with Crippen molar-refractivity contribution in [3.05, 3.63) is 65.4 Å². The van der Waals surface area contributed by atoms with E-state index in [1.165, 1.54) is 6.92 Å². The third-order valence-electron chi connectivity index (χ3n) is 4.72. The van der Waals surface area contributed by atoms with Crippen LogP contribution in [0.4, 0.5) is 16.2 Å². The molecule has 2 aromatic rings. The van der Waals surface area contributed by atoms with Crippen LogP contribution in [-0.2, 0) is 9.59 Å². The summed E-state index contributed by atoms with van der Waals surface area (Å²) in [5.41, 5.74) is 2.36. The van der Waals surface area contributed by atoms with Gasteiger partial charge in [0.05, 0.1) is 11.3 Å². The van der Waals surface area contributed by atoms with Crippen LogP contribution in [0.2, 0.25) is 0 Å². The molecule has 8 nitrogen and oxygen atoms in total. The average molecular weight is 390 g/mol. The molecule has 0 fully saturated rings. The fourth-order valence-electron chi connectivity index (χ4n) is 3.44. The number of rotatable bonds is 3. The van der Waals surface area contributed by atoms with Gasteiger partial charge in [-0.25, -0.2) is 9.69 Å². The normalized spacial score (nSPS) is 16.9. The molecule has 3 N–H and O–H groups in total. The van der Waals surface area contributed by atoms with E-state index in [1.807, 2.05) is 0 Å². The number of fused-ring (bicyclic) bond motifs is 2. The molecule has 0 atom stereocenters. The molecule has 2 heterocycles. The van der Waals surface area contributed by atoms with Crippen LogP contribution in [-0.4, -0.2) is 36.7 Å². The maximum absolute atomic E-state index is 13.2. The van der Waals surface area contributed by atoms with Crippen LogP contribution in [0.1, 0.15) is 22.8 Å². The number of nitrogens with zero attached hydrogens (tertiary/aromatic N) is 1. The second kappa shape index (κ2) is 7.23. The number of allylic oxidation sites excluding steroid dienone is 1. The number of ketones is 1. The molecule has 2 aromatic carbocycles. The summed E-state index contributed by atoms with van der Waals surface area (Å²) in [6.07, 6.45) is 0. The number of para-hydroxylation sites is 2. The van der Waals surface area contributed by atoms with Gasteiger partial charge in [0.1, 0.15) is 5.70 Å². The Kier molecular flexibility index (Phi) is 4.59. The Balaban J connectivity index is 1.67. The van der Waals surface area contributed by atoms with Crippen molar-refractivity contribution in [1.29, 1.82) is 0 Å². The summed E-state index contributed by atoms with van der Waals surface area (Å²) < 4.78 is 0. The number of carbonyl (C=O) groups excluding carboxylic acids is 4. The monoisotopic (exact) mass is 390 g/mol. The average Bonchev–Trinajstić information content (AvgIpc) is 3.18. The molecule has 29 heavy (non-hydrogen) atoms. The zero-order valence-electron chi connectivity index (χ0n) is 15.6. The largest absolute Gasteiger partial charge is 0.355 e. The van der Waals surface area contributed by atoms with E-state index < -0.39 is 11.9 Å². The van der Waals surface area contributed by atoms with Crippen molar-refractivity contribution in [2.45, 2.75) is 6.92 Å². The zero-order valence-corrected chi connectivity index (χ0v) is 15.6. The highest BCUT2D eigenvalue weighted by molar-refractivity contribution is 6.44. The summed E-state index contributed by atoms with van der Waals surface area (Å²) in [6.45, 7) is 1.79. The minimum absolute atomic E-state index is 0.164. The van der Waals surface area contributed by atoms with Crippen molar-refractivity contribution >= 4 is 40.6 Å². The summed E-state index contributed by atoms with van der Waals surface area (Å²) in [4.78, 5) is 50.7. The molecule has 0 saturated heterocycles. The molecular weight excluding hydrogens is 372 g/mol. The third kappa shape index (κ3) is 3.14. The standard InChI is InChI=1S/C21H18N4O4/c1-12(26)22-10-11-23-21(29)25-16-9-5-3-7-14(16)17(20(25)28)18-19(27)13-6-2-4-8-15(13)24-18/h2-9,24H,10-11H2,1H3,(H,22,26)(H,23,29)/b18-17-. The SMILES string of the molecule is CC(=O)NCCNC(=O)N1C(=O)/C(=C2\Nc3ccccc3C2=O)c2ccccc21. The van der Waals surface area contributed by atoms with E-state index in [9.17, 15) is 19.2 Å². The van der Waals surface area contributed by atoms with E-state index in [1.54, 1.807) is 48.5 Å². The van der Waals surface area contributed by atoms with Gasteiger partial charge in [-0.05, 0) is 18.2 Å². The van der Waals surface area contributed by atoms with Gasteiger partial charge in [-0.1, -0.05) is 30.3 Å². The van der Waals surface area contributed by atoms with Crippen LogP contribution in [0, 0.1) is 0 Å². The van der Waals surface area contributed by atoms with E-state index in [2.05, 4.69) is 16.0 Å². The first kappa shape index (κ1) is 18.4. The number of imide groups is 1. The van der Waals surface area contributed by atoms with Crippen LogP contribution in [0.15, 0.2) is 54.2 Å². The molecule has 0 spiro atoms. The van der Waals surface area contributed by atoms with Gasteiger partial charge < -0.3 is 16.0 Å². The molecule has 4 rings (SSSR count). The highest BCUT2D eigenvalue weighted by atomic mass is 16.2. The summed E-state index contributed by atoms with van der Waals surface area (Å²) in [6, 6.07) is 13.2. The Hall–Kier alpha value is -3.94. The lowest BCUT2D eigenvalue weighted by atomic mass is 10.0. The maximum atomic E-state index is 13.2. The predicted molar refractivity (Wildman–Crippen MR) is 107 cm³/mol. The van der Waals surface area contributed by atoms with Crippen molar-refractivity contribution in [2.24, 2.45) is 0 Å². The number of urea groups is 1. The molecule has 0 aliphatic carbocycles. The van der Waals surface area contributed by atoms with E-state index in [0.717, 1.165) is 4.90 Å². The van der Waals surface area contributed by atoms with Gasteiger partial charge in [-0.15, -0.1) is 0 Å². The van der Waals surface area contributed by atoms with Crippen LogP contribution in [0.5, 0.6) is 0 Å². The second-order valence-electron chi connectivity index (χ2n) is 6.62. The van der Waals surface area contributed by atoms with Crippen LogP contribution >= 0.6 is 0 Å². The molecule has 0 unspecified atom stereocenters. The van der Waals surface area contributed by atoms with Crippen LogP contribution in [0.3, 0.4) is 0 Å². The van der Waals surface area contributed by atoms with Crippen molar-refractivity contribution in [3.8, 4) is 0 Å². The Morgan fingerprint density at radius 3 is 2.31 bits per heavy atom. The van der Waals surface area contributed by atoms with Gasteiger partial charge in [0.15, 0.2) is 0 Å². The number of benzene rings is 2. The summed E-state index contributed by atoms with van der Waals surface area (Å²) in [5, 5.41) is 8.21. The molecular formula is C21H18N4O4. The number of hydrogen-bond acceptors (Lipinski definition) is 5. The first-order valence-corrected chi connectivity index (χ1v) is 9.10. The number of nitrogens with one attached hydrogen (secondary N) is 3. The zero-order chi connectivity index (χ0) is 20.5. The van der Waals surface area contributed by atoms with Gasteiger partial charge in [0.2, 0.25) is 11.7 Å². The Bertz CT molecular complexity index is 1090. The Labute approximate surface area is 166 Å². The number of hydrogen-bond donors (Lipinski definition) is 3. The summed E-state index contributed by atoms with van der Waals surface area (Å²) >= 11 is 0. The lowest BCUT2D eigenvalue weighted by Crippen LogP contribution is -2.44. The molecule has 4 amide bonds. The van der Waals surface area contributed by atoms with Crippen LogP contribution < -0.4 is 20.9 Å². The van der Waals surface area contributed by atoms with Crippen molar-refractivity contribution in [1.82, 2.24) is 10.6 Å². The van der Waals surface area contributed by atoms with E-state index >= 15 is 0 Å². The molecule has 0 radical (unpaired) electrons. The minimum Gasteiger partial charge on any atom is -0.355 e. The van der Waals surface area contributed by atoms with Crippen molar-refractivity contribution < 1.29 is 19.2 Å². The highest BCUT2D eigenvalue weighted by Crippen LogP contribution is 2.41. The van der Waals surface area contributed by atoms with Gasteiger partial charge in [0.25, 0.3) is 5.91 Å². The molecule has 146 valence electrons. The van der Waals surface area contributed by atoms with Gasteiger partial charge in [0, 0.05) is 36.8 Å². The van der Waals surface area contributed by atoms with Gasteiger partial charge in [-0.3, -0.25) is 14.4 Å². The number of Topliss-reactive ketones (excluding diaryl/α,β-unsaturated/α-hetero) is 1. The topological polar surface area (TPSA) is 108 Å². The van der Waals surface area contributed by atoms with E-state index in [-0.39, 0.29) is 36.1 Å². The lowest BCUT2D eigenvalue weighted by Gasteiger charge is -2.16. The fraction of sp³-hybridized carbons (Fsp3) is 0.143. The molecule has 0 aromatic heterocycles. The highest BCUT2D eigenvalue weighted by Gasteiger charge is 2.41. The molecule has 0 bridgehead atoms. The van der Waals surface area contributed by atoms with Crippen molar-refractivity contribution in [3.63, 3.8) is 0 Å². The van der Waals surface area contributed by atoms with Crippen LogP contribution in [0.25, 0.3) is 5.57 Å². The fourth-order valence-corrected chi connectivity index (χ4v) is 3.44. The summed E-state index contributed by atoms with van der Waals surface area (Å²) in [7, 11) is 0. The minimum atomic E-state index is -0.619. The van der Waals surface area contributed by atoms with E-state index in [0.29, 0.717) is 22.5 Å². The first-order chi connectivity index (χ1) is 14.0. The van der Waals surface area contributed by atoms with Gasteiger partial charge >= 0.3 is 6.03 Å². The summed E-state index contributed by atoms with van der Waals surface area (Å²) in [5.74, 6) is -1.07. The third-order valence-corrected chi connectivity index (χ3v) is 4.72. The first-order valence-electron chi connectivity index (χ1n) is 9.10. The Morgan fingerprint density at radius 1 is 0.931 bits per heavy atom. The van der Waals surface area contributed by atoms with Gasteiger partial charge in [-0.2, -0.15) is 0 Å². The quantitative estimate of drug-likeness (QED) is 0.548. The maximum Gasteiger partial charge on any atom is 0.329 e. The smallest absolute Gasteiger partial charge is 0.329 e. The molecule has 2 aliphatic heterocycles. The number of carbonyl (C=O) groups is 4. The molecule has 2 aliphatic rings. The molecule has 0 saturated carbocycles. The Morgan fingerprint density at radius 2 is 1.59 bits per heavy atom. The predicted octanol–water partition coefficient (Wildman–Crippen LogP) is 1.90. The lowest BCUT2D eigenvalue weighted by molar-refractivity contribution is -0.119. The number of anilines is 2.